The van der Waals surface area contributed by atoms with Crippen molar-refractivity contribution in [3.05, 3.63) is 33.3 Å². The average Bonchev–Trinajstić information content (AvgIpc) is 2.87. The standard InChI is InChI=1S/C14H15ClN4O4S/c15-10-2-1-3-11(19(22)23)13(10)17-6-4-16(5-7-17)9-18-12(20)8-24-14(18)21/h1-3H,4-9H2. The molecule has 0 saturated carbocycles. The lowest BCUT2D eigenvalue weighted by Crippen LogP contribution is -2.51. The van der Waals surface area contributed by atoms with E-state index in [0.717, 1.165) is 11.8 Å². The highest BCUT2D eigenvalue weighted by molar-refractivity contribution is 8.14. The zero-order valence-corrected chi connectivity index (χ0v) is 14.3. The van der Waals surface area contributed by atoms with Crippen molar-refractivity contribution >= 4 is 45.9 Å². The van der Waals surface area contributed by atoms with E-state index >= 15 is 0 Å². The van der Waals surface area contributed by atoms with Crippen molar-refractivity contribution in [1.29, 1.82) is 0 Å². The molecule has 2 heterocycles. The molecule has 0 bridgehead atoms. The first-order valence-electron chi connectivity index (χ1n) is 7.34. The Hall–Kier alpha value is -1.84. The van der Waals surface area contributed by atoms with Crippen LogP contribution < -0.4 is 4.90 Å². The van der Waals surface area contributed by atoms with E-state index in [-0.39, 0.29) is 29.3 Å². The molecule has 128 valence electrons. The lowest BCUT2D eigenvalue weighted by molar-refractivity contribution is -0.384. The number of anilines is 1. The molecule has 0 radical (unpaired) electrons. The first-order chi connectivity index (χ1) is 11.5. The van der Waals surface area contributed by atoms with Gasteiger partial charge in [0.1, 0.15) is 5.69 Å². The normalized spacial score (nSPS) is 19.2. The molecule has 1 aromatic carbocycles. The number of rotatable bonds is 4. The van der Waals surface area contributed by atoms with Gasteiger partial charge in [0.25, 0.3) is 10.9 Å². The van der Waals surface area contributed by atoms with Gasteiger partial charge in [-0.1, -0.05) is 29.4 Å². The van der Waals surface area contributed by atoms with Crippen LogP contribution in [0.5, 0.6) is 0 Å². The number of hydrogen-bond donors (Lipinski definition) is 0. The predicted octanol–water partition coefficient (Wildman–Crippen LogP) is 2.02. The quantitative estimate of drug-likeness (QED) is 0.591. The molecular formula is C14H15ClN4O4S. The number of imide groups is 1. The lowest BCUT2D eigenvalue weighted by Gasteiger charge is -2.37. The fourth-order valence-corrected chi connectivity index (χ4v) is 3.80. The van der Waals surface area contributed by atoms with E-state index < -0.39 is 4.92 Å². The third-order valence-corrected chi connectivity index (χ3v) is 5.20. The number of amides is 2. The molecule has 24 heavy (non-hydrogen) atoms. The Balaban J connectivity index is 1.67. The molecule has 0 aromatic heterocycles. The molecule has 2 aliphatic rings. The van der Waals surface area contributed by atoms with E-state index in [2.05, 4.69) is 0 Å². The van der Waals surface area contributed by atoms with E-state index in [1.165, 1.54) is 11.0 Å². The van der Waals surface area contributed by atoms with Gasteiger partial charge in [-0.3, -0.25) is 29.5 Å². The van der Waals surface area contributed by atoms with Crippen molar-refractivity contribution < 1.29 is 14.5 Å². The number of benzene rings is 1. The Morgan fingerprint density at radius 1 is 1.21 bits per heavy atom. The number of para-hydroxylation sites is 1. The van der Waals surface area contributed by atoms with Crippen LogP contribution in [-0.2, 0) is 4.79 Å². The third kappa shape index (κ3) is 3.33. The minimum Gasteiger partial charge on any atom is -0.362 e. The molecule has 0 unspecified atom stereocenters. The number of nitrogens with zero attached hydrogens (tertiary/aromatic N) is 4. The van der Waals surface area contributed by atoms with Crippen molar-refractivity contribution in [2.75, 3.05) is 43.5 Å². The molecule has 1 aromatic rings. The molecule has 10 heteroatoms. The summed E-state index contributed by atoms with van der Waals surface area (Å²) in [6.45, 7) is 2.51. The summed E-state index contributed by atoms with van der Waals surface area (Å²) < 4.78 is 0. The maximum Gasteiger partial charge on any atom is 0.294 e. The fraction of sp³-hybridized carbons (Fsp3) is 0.429. The first kappa shape index (κ1) is 17.0. The minimum atomic E-state index is -0.438. The van der Waals surface area contributed by atoms with Gasteiger partial charge in [-0.15, -0.1) is 0 Å². The van der Waals surface area contributed by atoms with Crippen LogP contribution in [0.15, 0.2) is 18.2 Å². The molecular weight excluding hydrogens is 356 g/mol. The summed E-state index contributed by atoms with van der Waals surface area (Å²) in [6.07, 6.45) is 0. The summed E-state index contributed by atoms with van der Waals surface area (Å²) in [7, 11) is 0. The average molecular weight is 371 g/mol. The number of nitro benzene ring substituents is 1. The second-order valence-corrected chi connectivity index (χ2v) is 6.82. The molecule has 2 fully saturated rings. The van der Waals surface area contributed by atoms with Crippen molar-refractivity contribution in [3.8, 4) is 0 Å². The van der Waals surface area contributed by atoms with E-state index in [4.69, 9.17) is 11.6 Å². The molecule has 0 atom stereocenters. The summed E-state index contributed by atoms with van der Waals surface area (Å²) in [5.74, 6) is 0.0270. The molecule has 0 N–H and O–H groups in total. The number of carbonyl (C=O) groups excluding carboxylic acids is 2. The number of thioether (sulfide) groups is 1. The summed E-state index contributed by atoms with van der Waals surface area (Å²) in [5.41, 5.74) is 0.407. The maximum absolute atomic E-state index is 11.7. The molecule has 2 amide bonds. The lowest BCUT2D eigenvalue weighted by atomic mass is 10.2. The molecule has 2 aliphatic heterocycles. The second kappa shape index (κ2) is 6.96. The molecule has 0 aliphatic carbocycles. The van der Waals surface area contributed by atoms with Crippen LogP contribution in [0.1, 0.15) is 0 Å². The summed E-state index contributed by atoms with van der Waals surface area (Å²) in [4.78, 5) is 39.2. The number of piperazine rings is 1. The zero-order chi connectivity index (χ0) is 17.3. The Morgan fingerprint density at radius 3 is 2.50 bits per heavy atom. The zero-order valence-electron chi connectivity index (χ0n) is 12.7. The van der Waals surface area contributed by atoms with Crippen molar-refractivity contribution in [2.45, 2.75) is 0 Å². The van der Waals surface area contributed by atoms with Gasteiger partial charge >= 0.3 is 0 Å². The van der Waals surface area contributed by atoms with Crippen LogP contribution in [-0.4, -0.2) is 64.5 Å². The fourth-order valence-electron chi connectivity index (χ4n) is 2.79. The molecule has 3 rings (SSSR count). The number of carbonyl (C=O) groups is 2. The van der Waals surface area contributed by atoms with Gasteiger partial charge in [0.2, 0.25) is 5.91 Å². The molecule has 8 nitrogen and oxygen atoms in total. The van der Waals surface area contributed by atoms with Crippen molar-refractivity contribution in [3.63, 3.8) is 0 Å². The van der Waals surface area contributed by atoms with E-state index in [1.54, 1.807) is 12.1 Å². The monoisotopic (exact) mass is 370 g/mol. The van der Waals surface area contributed by atoms with Gasteiger partial charge in [-0.05, 0) is 6.07 Å². The SMILES string of the molecule is O=C1CSC(=O)N1CN1CCN(c2c(Cl)cccc2[N+](=O)[O-])CC1. The van der Waals surface area contributed by atoms with Crippen LogP contribution in [0.2, 0.25) is 5.02 Å². The Labute approximate surface area is 147 Å². The second-order valence-electron chi connectivity index (χ2n) is 5.49. The van der Waals surface area contributed by atoms with Gasteiger partial charge in [-0.25, -0.2) is 0 Å². The third-order valence-electron chi connectivity index (χ3n) is 4.03. The highest BCUT2D eigenvalue weighted by Gasteiger charge is 2.33. The van der Waals surface area contributed by atoms with Crippen LogP contribution in [0.25, 0.3) is 0 Å². The topological polar surface area (TPSA) is 87.0 Å². The Kier molecular flexibility index (Phi) is 4.93. The van der Waals surface area contributed by atoms with E-state index in [1.807, 2.05) is 9.80 Å². The summed E-state index contributed by atoms with van der Waals surface area (Å²) in [6, 6.07) is 4.63. The Morgan fingerprint density at radius 2 is 1.92 bits per heavy atom. The molecule has 2 saturated heterocycles. The number of nitro groups is 1. The van der Waals surface area contributed by atoms with E-state index in [9.17, 15) is 19.7 Å². The van der Waals surface area contributed by atoms with Gasteiger partial charge in [0, 0.05) is 32.2 Å². The van der Waals surface area contributed by atoms with Crippen LogP contribution in [0, 0.1) is 10.1 Å². The van der Waals surface area contributed by atoms with Crippen LogP contribution in [0.4, 0.5) is 16.2 Å². The first-order valence-corrected chi connectivity index (χ1v) is 8.71. The Bertz CT molecular complexity index is 677. The van der Waals surface area contributed by atoms with Crippen molar-refractivity contribution in [2.24, 2.45) is 0 Å². The number of halogens is 1. The van der Waals surface area contributed by atoms with E-state index in [0.29, 0.717) is 36.9 Å². The number of hydrogen-bond acceptors (Lipinski definition) is 7. The molecule has 0 spiro atoms. The summed E-state index contributed by atoms with van der Waals surface area (Å²) >= 11 is 7.17. The highest BCUT2D eigenvalue weighted by Crippen LogP contribution is 2.35. The van der Waals surface area contributed by atoms with Gasteiger partial charge in [-0.2, -0.15) is 0 Å². The van der Waals surface area contributed by atoms with Gasteiger partial charge in [0.15, 0.2) is 0 Å². The predicted molar refractivity (Wildman–Crippen MR) is 91.5 cm³/mol. The minimum absolute atomic E-state index is 0.0164. The van der Waals surface area contributed by atoms with Crippen LogP contribution >= 0.6 is 23.4 Å². The highest BCUT2D eigenvalue weighted by atomic mass is 35.5. The van der Waals surface area contributed by atoms with Crippen molar-refractivity contribution in [1.82, 2.24) is 9.80 Å². The summed E-state index contributed by atoms with van der Waals surface area (Å²) in [5, 5.41) is 11.3. The van der Waals surface area contributed by atoms with Gasteiger partial charge in [0.05, 0.1) is 22.4 Å². The smallest absolute Gasteiger partial charge is 0.294 e. The largest absolute Gasteiger partial charge is 0.362 e. The maximum atomic E-state index is 11.7. The van der Waals surface area contributed by atoms with Crippen LogP contribution in [0.3, 0.4) is 0 Å². The van der Waals surface area contributed by atoms with Gasteiger partial charge < -0.3 is 4.90 Å².